The van der Waals surface area contributed by atoms with Gasteiger partial charge >= 0.3 is 0 Å². The predicted octanol–water partition coefficient (Wildman–Crippen LogP) is 5.95. The molecule has 0 spiro atoms. The lowest BCUT2D eigenvalue weighted by atomic mass is 9.83. The van der Waals surface area contributed by atoms with Gasteiger partial charge in [0.1, 0.15) is 10.9 Å². The number of hydrogen-bond acceptors (Lipinski definition) is 3. The zero-order chi connectivity index (χ0) is 19.0. The lowest BCUT2D eigenvalue weighted by Crippen LogP contribution is -2.35. The van der Waals surface area contributed by atoms with Gasteiger partial charge in [0, 0.05) is 35.0 Å². The van der Waals surface area contributed by atoms with E-state index < -0.39 is 0 Å². The maximum atomic E-state index is 10.8. The van der Waals surface area contributed by atoms with Crippen LogP contribution in [0.15, 0.2) is 24.4 Å². The Labute approximate surface area is 160 Å². The van der Waals surface area contributed by atoms with Gasteiger partial charge in [0.2, 0.25) is 0 Å². The van der Waals surface area contributed by atoms with Gasteiger partial charge in [0.25, 0.3) is 0 Å². The number of benzene rings is 1. The highest BCUT2D eigenvalue weighted by atomic mass is 35.5. The van der Waals surface area contributed by atoms with Crippen molar-refractivity contribution in [2.75, 3.05) is 0 Å². The van der Waals surface area contributed by atoms with Crippen molar-refractivity contribution in [3.8, 4) is 16.9 Å². The summed E-state index contributed by atoms with van der Waals surface area (Å²) in [6, 6.07) is 5.79. The van der Waals surface area contributed by atoms with Gasteiger partial charge in [-0.1, -0.05) is 50.0 Å². The van der Waals surface area contributed by atoms with Crippen molar-refractivity contribution in [1.29, 1.82) is 0 Å². The van der Waals surface area contributed by atoms with E-state index in [1.54, 1.807) is 12.3 Å². The fourth-order valence-corrected chi connectivity index (χ4v) is 2.68. The Balaban J connectivity index is 2.59. The lowest BCUT2D eigenvalue weighted by Gasteiger charge is -2.25. The Hall–Kier alpha value is -1.29. The second kappa shape index (κ2) is 7.14. The second-order valence-electron chi connectivity index (χ2n) is 8.38. The van der Waals surface area contributed by atoms with Gasteiger partial charge in [-0.3, -0.25) is 0 Å². The summed E-state index contributed by atoms with van der Waals surface area (Å²) in [7, 11) is 0. The van der Waals surface area contributed by atoms with Crippen LogP contribution in [-0.4, -0.2) is 15.6 Å². The molecule has 1 aromatic carbocycles. The number of aromatic hydroxyl groups is 1. The summed E-state index contributed by atoms with van der Waals surface area (Å²) in [5.74, 6) is 0.241. The zero-order valence-corrected chi connectivity index (χ0v) is 17.2. The lowest BCUT2D eigenvalue weighted by molar-refractivity contribution is 0.411. The molecule has 1 aromatic heterocycles. The number of pyridine rings is 1. The number of halogens is 2. The van der Waals surface area contributed by atoms with Crippen LogP contribution in [0.1, 0.15) is 52.7 Å². The van der Waals surface area contributed by atoms with E-state index in [0.29, 0.717) is 17.1 Å². The minimum Gasteiger partial charge on any atom is -0.507 e. The third-order valence-corrected chi connectivity index (χ3v) is 4.66. The van der Waals surface area contributed by atoms with Crippen molar-refractivity contribution < 1.29 is 5.11 Å². The monoisotopic (exact) mass is 380 g/mol. The van der Waals surface area contributed by atoms with Crippen molar-refractivity contribution in [2.45, 2.75) is 59.0 Å². The van der Waals surface area contributed by atoms with Gasteiger partial charge in [0.15, 0.2) is 0 Å². The molecule has 0 atom stereocenters. The number of aromatic nitrogens is 1. The first-order valence-electron chi connectivity index (χ1n) is 8.31. The highest BCUT2D eigenvalue weighted by molar-refractivity contribution is 6.41. The van der Waals surface area contributed by atoms with Crippen molar-refractivity contribution in [3.63, 3.8) is 0 Å². The van der Waals surface area contributed by atoms with Gasteiger partial charge in [-0.05, 0) is 43.9 Å². The minimum atomic E-state index is -0.0530. The molecule has 0 radical (unpaired) electrons. The van der Waals surface area contributed by atoms with E-state index in [0.717, 1.165) is 16.7 Å². The number of phenols is 1. The van der Waals surface area contributed by atoms with Crippen LogP contribution in [-0.2, 0) is 12.0 Å². The molecule has 136 valence electrons. The number of rotatable bonds is 3. The van der Waals surface area contributed by atoms with Gasteiger partial charge in [0.05, 0.1) is 5.02 Å². The van der Waals surface area contributed by atoms with Crippen LogP contribution in [0.3, 0.4) is 0 Å². The topological polar surface area (TPSA) is 45.2 Å². The molecule has 0 aliphatic heterocycles. The highest BCUT2D eigenvalue weighted by Crippen LogP contribution is 2.38. The molecule has 0 saturated heterocycles. The number of nitrogens with one attached hydrogen (secondary N) is 1. The van der Waals surface area contributed by atoms with Crippen molar-refractivity contribution in [3.05, 3.63) is 45.7 Å². The third kappa shape index (κ3) is 5.10. The van der Waals surface area contributed by atoms with E-state index in [-0.39, 0.29) is 21.9 Å². The quantitative estimate of drug-likeness (QED) is 0.646. The number of phenolic OH excluding ortho intramolecular Hbond substituents is 1. The fraction of sp³-hybridized carbons (Fsp3) is 0.450. The van der Waals surface area contributed by atoms with Gasteiger partial charge < -0.3 is 10.4 Å². The summed E-state index contributed by atoms with van der Waals surface area (Å²) in [6.45, 7) is 13.3. The minimum absolute atomic E-state index is 0.0462. The van der Waals surface area contributed by atoms with E-state index in [9.17, 15) is 5.11 Å². The summed E-state index contributed by atoms with van der Waals surface area (Å²) < 4.78 is 0. The Morgan fingerprint density at radius 3 is 2.20 bits per heavy atom. The molecule has 3 nitrogen and oxygen atoms in total. The molecule has 0 saturated carbocycles. The van der Waals surface area contributed by atoms with Crippen LogP contribution in [0.4, 0.5) is 0 Å². The number of hydrogen-bond donors (Lipinski definition) is 2. The molecule has 0 aliphatic rings. The third-order valence-electron chi connectivity index (χ3n) is 3.97. The van der Waals surface area contributed by atoms with E-state index in [1.165, 1.54) is 0 Å². The summed E-state index contributed by atoms with van der Waals surface area (Å²) in [5.41, 5.74) is 3.35. The van der Waals surface area contributed by atoms with Gasteiger partial charge in [-0.2, -0.15) is 0 Å². The summed E-state index contributed by atoms with van der Waals surface area (Å²) in [5, 5.41) is 14.9. The summed E-state index contributed by atoms with van der Waals surface area (Å²) in [6.07, 6.45) is 1.64. The Bertz CT molecular complexity index is 774. The summed E-state index contributed by atoms with van der Waals surface area (Å²) in [4.78, 5) is 4.11. The SMILES string of the molecule is CC(C)(C)NCc1cc(C(C)(C)C)cc(-c2cnc(Cl)c(Cl)c2)c1O. The van der Waals surface area contributed by atoms with Crippen molar-refractivity contribution in [2.24, 2.45) is 0 Å². The number of nitrogens with zero attached hydrogens (tertiary/aromatic N) is 1. The predicted molar refractivity (Wildman–Crippen MR) is 107 cm³/mol. The zero-order valence-electron chi connectivity index (χ0n) is 15.7. The van der Waals surface area contributed by atoms with Crippen LogP contribution >= 0.6 is 23.2 Å². The molecular weight excluding hydrogens is 355 g/mol. The Kier molecular flexibility index (Phi) is 5.72. The van der Waals surface area contributed by atoms with Crippen LogP contribution in [0.2, 0.25) is 10.2 Å². The average molecular weight is 381 g/mol. The van der Waals surface area contributed by atoms with Crippen LogP contribution in [0.5, 0.6) is 5.75 Å². The van der Waals surface area contributed by atoms with E-state index >= 15 is 0 Å². The molecule has 0 fully saturated rings. The van der Waals surface area contributed by atoms with Crippen molar-refractivity contribution >= 4 is 23.2 Å². The van der Waals surface area contributed by atoms with Gasteiger partial charge in [-0.15, -0.1) is 0 Å². The molecule has 25 heavy (non-hydrogen) atoms. The summed E-state index contributed by atoms with van der Waals surface area (Å²) >= 11 is 12.0. The molecule has 0 bridgehead atoms. The van der Waals surface area contributed by atoms with E-state index in [1.807, 2.05) is 6.07 Å². The second-order valence-corrected chi connectivity index (χ2v) is 9.15. The van der Waals surface area contributed by atoms with Crippen LogP contribution < -0.4 is 5.32 Å². The molecule has 0 unspecified atom stereocenters. The van der Waals surface area contributed by atoms with Crippen molar-refractivity contribution in [1.82, 2.24) is 10.3 Å². The van der Waals surface area contributed by atoms with E-state index in [4.69, 9.17) is 23.2 Å². The normalized spacial score (nSPS) is 12.5. The first-order chi connectivity index (χ1) is 11.4. The maximum absolute atomic E-state index is 10.8. The molecule has 2 rings (SSSR count). The van der Waals surface area contributed by atoms with Crippen LogP contribution in [0.25, 0.3) is 11.1 Å². The Morgan fingerprint density at radius 2 is 1.68 bits per heavy atom. The van der Waals surface area contributed by atoms with Crippen LogP contribution in [0, 0.1) is 0 Å². The fourth-order valence-electron chi connectivity index (χ4n) is 2.41. The molecule has 0 aliphatic carbocycles. The molecule has 1 heterocycles. The highest BCUT2D eigenvalue weighted by Gasteiger charge is 2.21. The average Bonchev–Trinajstić information content (AvgIpc) is 2.47. The standard InChI is InChI=1S/C20H26Cl2N2O/c1-19(2,3)14-7-13(11-24-20(4,5)6)17(25)15(9-14)12-8-16(21)18(22)23-10-12/h7-10,24-25H,11H2,1-6H3. The molecule has 2 aromatic rings. The molecular formula is C20H26Cl2N2O. The molecule has 0 amide bonds. The van der Waals surface area contributed by atoms with Gasteiger partial charge in [-0.25, -0.2) is 4.98 Å². The maximum Gasteiger partial charge on any atom is 0.147 e. The first kappa shape index (κ1) is 20.0. The largest absolute Gasteiger partial charge is 0.507 e. The molecule has 2 N–H and O–H groups in total. The van der Waals surface area contributed by atoms with E-state index in [2.05, 4.69) is 57.9 Å². The first-order valence-corrected chi connectivity index (χ1v) is 9.07. The smallest absolute Gasteiger partial charge is 0.147 e. The Morgan fingerprint density at radius 1 is 1.04 bits per heavy atom. The molecule has 5 heteroatoms.